The third-order valence-electron chi connectivity index (χ3n) is 4.05. The third kappa shape index (κ3) is 2.76. The van der Waals surface area contributed by atoms with E-state index in [1.165, 1.54) is 12.8 Å². The highest BCUT2D eigenvalue weighted by molar-refractivity contribution is 5.78. The molecule has 0 aromatic rings. The van der Waals surface area contributed by atoms with Gasteiger partial charge in [0, 0.05) is 25.0 Å². The Morgan fingerprint density at radius 3 is 2.69 bits per heavy atom. The van der Waals surface area contributed by atoms with Crippen molar-refractivity contribution in [2.75, 3.05) is 6.54 Å². The summed E-state index contributed by atoms with van der Waals surface area (Å²) >= 11 is 0. The molecule has 1 heterocycles. The van der Waals surface area contributed by atoms with Crippen LogP contribution in [0.2, 0.25) is 0 Å². The van der Waals surface area contributed by atoms with E-state index >= 15 is 0 Å². The van der Waals surface area contributed by atoms with E-state index in [-0.39, 0.29) is 5.91 Å². The Hall–Kier alpha value is -0.570. The van der Waals surface area contributed by atoms with Crippen molar-refractivity contribution < 1.29 is 4.79 Å². The van der Waals surface area contributed by atoms with E-state index < -0.39 is 0 Å². The van der Waals surface area contributed by atoms with Gasteiger partial charge >= 0.3 is 0 Å². The van der Waals surface area contributed by atoms with E-state index in [0.717, 1.165) is 18.9 Å². The molecule has 0 radical (unpaired) electrons. The molecule has 0 aromatic heterocycles. The standard InChI is InChI=1S/C13H24N2O/c1-9-6-13(2,3)7-11(9)14-8-10-4-5-12(16)15-10/h9-11,14H,4-8H2,1-3H3,(H,15,16). The molecule has 0 spiro atoms. The van der Waals surface area contributed by atoms with Gasteiger partial charge < -0.3 is 10.6 Å². The van der Waals surface area contributed by atoms with E-state index in [1.54, 1.807) is 0 Å². The van der Waals surface area contributed by atoms with Gasteiger partial charge in [-0.05, 0) is 30.6 Å². The van der Waals surface area contributed by atoms with Gasteiger partial charge in [-0.3, -0.25) is 4.79 Å². The fraction of sp³-hybridized carbons (Fsp3) is 0.923. The van der Waals surface area contributed by atoms with Crippen molar-refractivity contribution in [2.24, 2.45) is 11.3 Å². The van der Waals surface area contributed by atoms with Crippen molar-refractivity contribution in [1.82, 2.24) is 10.6 Å². The molecule has 2 aliphatic rings. The summed E-state index contributed by atoms with van der Waals surface area (Å²) in [6.45, 7) is 7.97. The number of hydrogen-bond donors (Lipinski definition) is 2. The Labute approximate surface area is 98.4 Å². The van der Waals surface area contributed by atoms with E-state index in [9.17, 15) is 4.79 Å². The monoisotopic (exact) mass is 224 g/mol. The molecule has 3 nitrogen and oxygen atoms in total. The van der Waals surface area contributed by atoms with Gasteiger partial charge in [-0.1, -0.05) is 20.8 Å². The second-order valence-electron chi connectivity index (χ2n) is 6.37. The predicted molar refractivity (Wildman–Crippen MR) is 65.1 cm³/mol. The van der Waals surface area contributed by atoms with Crippen molar-refractivity contribution in [3.05, 3.63) is 0 Å². The second-order valence-corrected chi connectivity index (χ2v) is 6.37. The zero-order valence-electron chi connectivity index (χ0n) is 10.7. The molecule has 2 fully saturated rings. The minimum Gasteiger partial charge on any atom is -0.352 e. The van der Waals surface area contributed by atoms with Gasteiger partial charge in [-0.25, -0.2) is 0 Å². The van der Waals surface area contributed by atoms with Crippen molar-refractivity contribution in [1.29, 1.82) is 0 Å². The highest BCUT2D eigenvalue weighted by Gasteiger charge is 2.36. The van der Waals surface area contributed by atoms with Crippen molar-refractivity contribution >= 4 is 5.91 Å². The number of rotatable bonds is 3. The quantitative estimate of drug-likeness (QED) is 0.766. The molecular weight excluding hydrogens is 200 g/mol. The van der Waals surface area contributed by atoms with Crippen LogP contribution in [0.25, 0.3) is 0 Å². The van der Waals surface area contributed by atoms with Crippen LogP contribution >= 0.6 is 0 Å². The van der Waals surface area contributed by atoms with Crippen LogP contribution in [0, 0.1) is 11.3 Å². The van der Waals surface area contributed by atoms with Crippen LogP contribution in [0.4, 0.5) is 0 Å². The zero-order valence-corrected chi connectivity index (χ0v) is 10.7. The molecule has 92 valence electrons. The maximum atomic E-state index is 11.1. The fourth-order valence-electron chi connectivity index (χ4n) is 3.29. The summed E-state index contributed by atoms with van der Waals surface area (Å²) in [5.41, 5.74) is 0.482. The molecule has 0 bridgehead atoms. The highest BCUT2D eigenvalue weighted by Crippen LogP contribution is 2.40. The fourth-order valence-corrected chi connectivity index (χ4v) is 3.29. The minimum absolute atomic E-state index is 0.214. The Kier molecular flexibility index (Phi) is 3.24. The molecule has 1 aliphatic heterocycles. The van der Waals surface area contributed by atoms with Gasteiger partial charge in [-0.2, -0.15) is 0 Å². The predicted octanol–water partition coefficient (Wildman–Crippen LogP) is 1.68. The van der Waals surface area contributed by atoms with Gasteiger partial charge in [0.2, 0.25) is 5.91 Å². The Morgan fingerprint density at radius 1 is 1.44 bits per heavy atom. The topological polar surface area (TPSA) is 41.1 Å². The lowest BCUT2D eigenvalue weighted by Gasteiger charge is -2.20. The summed E-state index contributed by atoms with van der Waals surface area (Å²) in [5.74, 6) is 0.971. The summed E-state index contributed by atoms with van der Waals surface area (Å²) in [6.07, 6.45) is 4.27. The first-order valence-electron chi connectivity index (χ1n) is 6.49. The van der Waals surface area contributed by atoms with Crippen LogP contribution in [-0.4, -0.2) is 24.5 Å². The van der Waals surface area contributed by atoms with Gasteiger partial charge in [0.1, 0.15) is 0 Å². The molecule has 1 saturated heterocycles. The number of hydrogen-bond acceptors (Lipinski definition) is 2. The molecule has 1 aliphatic carbocycles. The first kappa shape index (κ1) is 11.9. The lowest BCUT2D eigenvalue weighted by atomic mass is 9.91. The van der Waals surface area contributed by atoms with Crippen molar-refractivity contribution in [2.45, 2.75) is 58.5 Å². The third-order valence-corrected chi connectivity index (χ3v) is 4.05. The molecule has 3 unspecified atom stereocenters. The maximum Gasteiger partial charge on any atom is 0.220 e. The molecule has 1 amide bonds. The lowest BCUT2D eigenvalue weighted by molar-refractivity contribution is -0.119. The molecule has 0 aromatic carbocycles. The molecule has 2 N–H and O–H groups in total. The maximum absolute atomic E-state index is 11.1. The van der Waals surface area contributed by atoms with Crippen LogP contribution < -0.4 is 10.6 Å². The van der Waals surface area contributed by atoms with Crippen LogP contribution in [0.5, 0.6) is 0 Å². The molecule has 3 atom stereocenters. The number of nitrogens with one attached hydrogen (secondary N) is 2. The average Bonchev–Trinajstić information content (AvgIpc) is 2.67. The van der Waals surface area contributed by atoms with Crippen molar-refractivity contribution in [3.63, 3.8) is 0 Å². The molecule has 1 saturated carbocycles. The summed E-state index contributed by atoms with van der Waals surface area (Å²) in [5, 5.41) is 6.65. The lowest BCUT2D eigenvalue weighted by Crippen LogP contribution is -2.41. The Balaban J connectivity index is 1.76. The van der Waals surface area contributed by atoms with Crippen molar-refractivity contribution in [3.8, 4) is 0 Å². The minimum atomic E-state index is 0.214. The SMILES string of the molecule is CC1CC(C)(C)CC1NCC1CCC(=O)N1. The zero-order chi connectivity index (χ0) is 11.8. The number of carbonyl (C=O) groups is 1. The van der Waals surface area contributed by atoms with E-state index in [2.05, 4.69) is 31.4 Å². The summed E-state index contributed by atoms with van der Waals surface area (Å²) in [6, 6.07) is 0.996. The van der Waals surface area contributed by atoms with E-state index in [4.69, 9.17) is 0 Å². The number of carbonyl (C=O) groups excluding carboxylic acids is 1. The summed E-state index contributed by atoms with van der Waals surface area (Å²) in [7, 11) is 0. The number of amides is 1. The molecular formula is C13H24N2O. The van der Waals surface area contributed by atoms with Crippen LogP contribution in [0.1, 0.15) is 46.5 Å². The van der Waals surface area contributed by atoms with Gasteiger partial charge in [0.15, 0.2) is 0 Å². The van der Waals surface area contributed by atoms with E-state index in [1.807, 2.05) is 0 Å². The van der Waals surface area contributed by atoms with Gasteiger partial charge in [0.05, 0.1) is 0 Å². The van der Waals surface area contributed by atoms with Crippen LogP contribution in [0.15, 0.2) is 0 Å². The van der Waals surface area contributed by atoms with Gasteiger partial charge in [0.25, 0.3) is 0 Å². The van der Waals surface area contributed by atoms with Crippen LogP contribution in [0.3, 0.4) is 0 Å². The van der Waals surface area contributed by atoms with Gasteiger partial charge in [-0.15, -0.1) is 0 Å². The Bertz CT molecular complexity index is 275. The normalized spacial score (nSPS) is 37.7. The average molecular weight is 224 g/mol. The first-order chi connectivity index (χ1) is 7.46. The first-order valence-corrected chi connectivity index (χ1v) is 6.49. The summed E-state index contributed by atoms with van der Waals surface area (Å²) < 4.78 is 0. The molecule has 2 rings (SSSR count). The Morgan fingerprint density at radius 2 is 2.19 bits per heavy atom. The van der Waals surface area contributed by atoms with Crippen LogP contribution in [-0.2, 0) is 4.79 Å². The second kappa shape index (κ2) is 4.36. The smallest absolute Gasteiger partial charge is 0.220 e. The highest BCUT2D eigenvalue weighted by atomic mass is 16.1. The van der Waals surface area contributed by atoms with E-state index in [0.29, 0.717) is 23.9 Å². The molecule has 3 heteroatoms. The molecule has 16 heavy (non-hydrogen) atoms. The largest absolute Gasteiger partial charge is 0.352 e. The summed E-state index contributed by atoms with van der Waals surface area (Å²) in [4.78, 5) is 11.1.